The number of aliphatic carboxylic acids is 1. The van der Waals surface area contributed by atoms with E-state index < -0.39 is 48.2 Å². The molecule has 1 aliphatic heterocycles. The molecule has 0 spiro atoms. The predicted octanol–water partition coefficient (Wildman–Crippen LogP) is 2.32. The Morgan fingerprint density at radius 3 is 2.02 bits per heavy atom. The minimum Gasteiger partial charge on any atom is -0.481 e. The van der Waals surface area contributed by atoms with E-state index in [1.807, 2.05) is 74.5 Å². The lowest BCUT2D eigenvalue weighted by Crippen LogP contribution is -2.60. The Kier molecular flexibility index (Phi) is 17.4. The van der Waals surface area contributed by atoms with Crippen molar-refractivity contribution in [1.29, 1.82) is 0 Å². The molecule has 1 fully saturated rings. The van der Waals surface area contributed by atoms with Gasteiger partial charge in [0.1, 0.15) is 12.3 Å². The van der Waals surface area contributed by atoms with E-state index in [0.717, 1.165) is 30.4 Å². The second kappa shape index (κ2) is 21.4. The summed E-state index contributed by atoms with van der Waals surface area (Å²) < 4.78 is 0. The largest absolute Gasteiger partial charge is 0.481 e. The average molecular weight is 695 g/mol. The highest BCUT2D eigenvalue weighted by molar-refractivity contribution is 5.90. The summed E-state index contributed by atoms with van der Waals surface area (Å²) >= 11 is 0. The number of nitrogens with zero attached hydrogens (tertiary/aromatic N) is 1. The number of hydrogen-bond donors (Lipinski definition) is 7. The molecular formula is C38H58N6O6. The van der Waals surface area contributed by atoms with E-state index in [2.05, 4.69) is 16.0 Å². The predicted molar refractivity (Wildman–Crippen MR) is 194 cm³/mol. The zero-order valence-electron chi connectivity index (χ0n) is 29.6. The van der Waals surface area contributed by atoms with Crippen LogP contribution in [0.1, 0.15) is 76.3 Å². The van der Waals surface area contributed by atoms with Crippen LogP contribution in [0, 0.1) is 11.8 Å². The Balaban J connectivity index is 1.70. The van der Waals surface area contributed by atoms with Crippen molar-refractivity contribution < 1.29 is 29.4 Å². The van der Waals surface area contributed by atoms with Gasteiger partial charge in [0.25, 0.3) is 0 Å². The van der Waals surface area contributed by atoms with Gasteiger partial charge in [-0.25, -0.2) is 0 Å². The maximum Gasteiger partial charge on any atom is 0.303 e. The van der Waals surface area contributed by atoms with Gasteiger partial charge < -0.3 is 37.2 Å². The second-order valence-electron chi connectivity index (χ2n) is 13.9. The molecule has 12 nitrogen and oxygen atoms in total. The molecule has 3 amide bonds. The molecule has 1 unspecified atom stereocenters. The number of carbonyl (C=O) groups excluding carboxylic acids is 3. The Hall–Kier alpha value is -3.84. The number of hydrogen-bond acceptors (Lipinski definition) is 8. The summed E-state index contributed by atoms with van der Waals surface area (Å²) in [5.74, 6) is -1.35. The summed E-state index contributed by atoms with van der Waals surface area (Å²) in [6.07, 6.45) is 3.77. The van der Waals surface area contributed by atoms with Gasteiger partial charge in [-0.1, -0.05) is 74.5 Å². The van der Waals surface area contributed by atoms with E-state index in [9.17, 15) is 24.3 Å². The number of nitrogens with two attached hydrogens (primary N) is 2. The first-order valence-corrected chi connectivity index (χ1v) is 18.1. The molecule has 0 bridgehead atoms. The molecule has 0 aliphatic carbocycles. The van der Waals surface area contributed by atoms with Crippen molar-refractivity contribution in [1.82, 2.24) is 20.9 Å². The normalized spacial score (nSPS) is 16.6. The van der Waals surface area contributed by atoms with Crippen molar-refractivity contribution in [3.05, 3.63) is 71.8 Å². The number of nitrogens with one attached hydrogen (secondary N) is 3. The molecule has 12 heteroatoms. The van der Waals surface area contributed by atoms with Crippen LogP contribution in [0.15, 0.2) is 60.7 Å². The van der Waals surface area contributed by atoms with Gasteiger partial charge in [-0.15, -0.1) is 0 Å². The Labute approximate surface area is 296 Å². The van der Waals surface area contributed by atoms with Gasteiger partial charge in [-0.3, -0.25) is 24.5 Å². The number of benzene rings is 2. The number of carbonyl (C=O) groups is 4. The SMILES string of the molecule is CC(C)C[C@@H](NC(O)[C@@H](Cc1ccccc1)NC(=O)[C@H](N)Cc1ccccc1)C(=O)N[C@H](CCCN)C(=O)N1CCC(CCCC(=O)O)CC1. The smallest absolute Gasteiger partial charge is 0.303 e. The third-order valence-corrected chi connectivity index (χ3v) is 9.28. The van der Waals surface area contributed by atoms with Crippen molar-refractivity contribution in [3.8, 4) is 0 Å². The number of aliphatic hydroxyl groups is 1. The van der Waals surface area contributed by atoms with E-state index in [4.69, 9.17) is 16.6 Å². The van der Waals surface area contributed by atoms with Crippen LogP contribution in [0.4, 0.5) is 0 Å². The number of carboxylic acid groups (broad SMARTS) is 1. The number of likely N-dealkylation sites (tertiary alicyclic amines) is 1. The number of carboxylic acids is 1. The molecule has 9 N–H and O–H groups in total. The first-order chi connectivity index (χ1) is 24.0. The minimum absolute atomic E-state index is 0.0743. The Bertz CT molecular complexity index is 1320. The molecule has 0 aromatic heterocycles. The minimum atomic E-state index is -1.31. The molecule has 2 aromatic carbocycles. The van der Waals surface area contributed by atoms with Gasteiger partial charge >= 0.3 is 5.97 Å². The first kappa shape index (κ1) is 40.6. The third kappa shape index (κ3) is 14.2. The van der Waals surface area contributed by atoms with Gasteiger partial charge in [0.15, 0.2) is 0 Å². The summed E-state index contributed by atoms with van der Waals surface area (Å²) in [5.41, 5.74) is 13.9. The standard InChI is InChI=1S/C38H58N6O6/c1-26(2)23-32(36(48)41-31(16-10-20-39)38(50)44-21-18-27(19-22-44)15-9-17-34(45)46)43-37(49)33(25-29-13-7-4-8-14-29)42-35(47)30(40)24-28-11-5-3-6-12-28/h3-8,11-14,26-27,30-33,37,43,49H,9-10,15-25,39-40H2,1-2H3,(H,41,48)(H,42,47)(H,45,46)/t30-,31-,32-,33-,37?/m1/s1. The maximum atomic E-state index is 13.9. The molecule has 0 radical (unpaired) electrons. The summed E-state index contributed by atoms with van der Waals surface area (Å²) in [6.45, 7) is 5.40. The van der Waals surface area contributed by atoms with Gasteiger partial charge in [0, 0.05) is 19.5 Å². The van der Waals surface area contributed by atoms with Crippen molar-refractivity contribution in [2.24, 2.45) is 23.3 Å². The van der Waals surface area contributed by atoms with Crippen LogP contribution in [0.25, 0.3) is 0 Å². The van der Waals surface area contributed by atoms with E-state index >= 15 is 0 Å². The maximum absolute atomic E-state index is 13.9. The number of amides is 3. The lowest BCUT2D eigenvalue weighted by atomic mass is 9.91. The summed E-state index contributed by atoms with van der Waals surface area (Å²) in [6, 6.07) is 15.6. The molecular weight excluding hydrogens is 636 g/mol. The van der Waals surface area contributed by atoms with Crippen LogP contribution in [0.3, 0.4) is 0 Å². The topological polar surface area (TPSA) is 200 Å². The van der Waals surface area contributed by atoms with Crippen molar-refractivity contribution in [3.63, 3.8) is 0 Å². The fourth-order valence-electron chi connectivity index (χ4n) is 6.46. The molecule has 1 saturated heterocycles. The van der Waals surface area contributed by atoms with Crippen LogP contribution in [-0.4, -0.2) is 88.8 Å². The molecule has 50 heavy (non-hydrogen) atoms. The molecule has 276 valence electrons. The molecule has 1 heterocycles. The third-order valence-electron chi connectivity index (χ3n) is 9.28. The van der Waals surface area contributed by atoms with Crippen LogP contribution in [-0.2, 0) is 32.0 Å². The Morgan fingerprint density at radius 2 is 1.46 bits per heavy atom. The highest BCUT2D eigenvalue weighted by Crippen LogP contribution is 2.23. The second-order valence-corrected chi connectivity index (χ2v) is 13.9. The first-order valence-electron chi connectivity index (χ1n) is 18.1. The molecule has 3 rings (SSSR count). The van der Waals surface area contributed by atoms with Crippen LogP contribution in [0.2, 0.25) is 0 Å². The summed E-state index contributed by atoms with van der Waals surface area (Å²) in [7, 11) is 0. The van der Waals surface area contributed by atoms with E-state index in [1.165, 1.54) is 0 Å². The zero-order chi connectivity index (χ0) is 36.5. The molecule has 1 aliphatic rings. The monoisotopic (exact) mass is 694 g/mol. The average Bonchev–Trinajstić information content (AvgIpc) is 3.09. The number of rotatable bonds is 21. The lowest BCUT2D eigenvalue weighted by Gasteiger charge is -2.35. The molecule has 0 saturated carbocycles. The van der Waals surface area contributed by atoms with Crippen molar-refractivity contribution in [2.75, 3.05) is 19.6 Å². The fraction of sp³-hybridized carbons (Fsp3) is 0.579. The van der Waals surface area contributed by atoms with Gasteiger partial charge in [-0.2, -0.15) is 0 Å². The molecule has 5 atom stereocenters. The van der Waals surface area contributed by atoms with Gasteiger partial charge in [0.2, 0.25) is 17.7 Å². The van der Waals surface area contributed by atoms with Crippen molar-refractivity contribution in [2.45, 2.75) is 108 Å². The van der Waals surface area contributed by atoms with Gasteiger partial charge in [-0.05, 0) is 87.3 Å². The quantitative estimate of drug-likeness (QED) is 0.0959. The van der Waals surface area contributed by atoms with E-state index in [0.29, 0.717) is 64.1 Å². The van der Waals surface area contributed by atoms with Gasteiger partial charge in [0.05, 0.1) is 18.1 Å². The summed E-state index contributed by atoms with van der Waals surface area (Å²) in [5, 5.41) is 29.5. The van der Waals surface area contributed by atoms with Crippen molar-refractivity contribution >= 4 is 23.7 Å². The number of aliphatic hydroxyl groups excluding tert-OH is 1. The van der Waals surface area contributed by atoms with Crippen LogP contribution < -0.4 is 27.4 Å². The van der Waals surface area contributed by atoms with E-state index in [-0.39, 0.29) is 18.2 Å². The van der Waals surface area contributed by atoms with E-state index in [1.54, 1.807) is 4.90 Å². The highest BCUT2D eigenvalue weighted by Gasteiger charge is 2.33. The lowest BCUT2D eigenvalue weighted by molar-refractivity contribution is -0.138. The Morgan fingerprint density at radius 1 is 0.860 bits per heavy atom. The van der Waals surface area contributed by atoms with Crippen LogP contribution >= 0.6 is 0 Å². The fourth-order valence-corrected chi connectivity index (χ4v) is 6.46. The molecule has 2 aromatic rings. The van der Waals surface area contributed by atoms with Crippen LogP contribution in [0.5, 0.6) is 0 Å². The zero-order valence-corrected chi connectivity index (χ0v) is 29.6. The number of piperidine rings is 1. The highest BCUT2D eigenvalue weighted by atomic mass is 16.4. The summed E-state index contributed by atoms with van der Waals surface area (Å²) in [4.78, 5) is 53.5.